The van der Waals surface area contributed by atoms with Crippen molar-refractivity contribution in [2.45, 2.75) is 12.6 Å². The Balaban J connectivity index is 1.24. The predicted octanol–water partition coefficient (Wildman–Crippen LogP) is 4.10. The molecule has 8 nitrogen and oxygen atoms in total. The highest BCUT2D eigenvalue weighted by molar-refractivity contribution is 5.98. The fourth-order valence-electron chi connectivity index (χ4n) is 2.75. The van der Waals surface area contributed by atoms with E-state index in [4.69, 9.17) is 9.26 Å². The minimum atomic E-state index is -4.75. The summed E-state index contributed by atoms with van der Waals surface area (Å²) in [6.07, 6.45) is -4.27. The van der Waals surface area contributed by atoms with Gasteiger partial charge in [0.2, 0.25) is 11.6 Å². The molecule has 4 rings (SSSR count). The van der Waals surface area contributed by atoms with E-state index in [0.29, 0.717) is 18.5 Å². The summed E-state index contributed by atoms with van der Waals surface area (Å²) in [5.41, 5.74) is 0.555. The van der Waals surface area contributed by atoms with Gasteiger partial charge in [-0.2, -0.15) is 18.2 Å². The molecule has 1 N–H and O–H groups in total. The van der Waals surface area contributed by atoms with Crippen LogP contribution in [0, 0.1) is 0 Å². The van der Waals surface area contributed by atoms with Gasteiger partial charge in [0.05, 0.1) is 12.7 Å². The SMILES string of the molecule is O=C(NCCCOc1cc(-c2noc(C(F)(F)F)n2)on1)c1ccc2ccccc2c1. The molecule has 2 aromatic heterocycles. The first kappa shape index (κ1) is 20.4. The molecule has 0 aliphatic carbocycles. The van der Waals surface area contributed by atoms with E-state index in [1.54, 1.807) is 6.07 Å². The van der Waals surface area contributed by atoms with Crippen molar-refractivity contribution < 1.29 is 31.7 Å². The smallest absolute Gasteiger partial charge is 0.471 e. The summed E-state index contributed by atoms with van der Waals surface area (Å²) in [5.74, 6) is -2.15. The number of hydrogen-bond acceptors (Lipinski definition) is 7. The van der Waals surface area contributed by atoms with Gasteiger partial charge in [0, 0.05) is 12.1 Å². The number of rotatable bonds is 7. The van der Waals surface area contributed by atoms with Gasteiger partial charge in [-0.25, -0.2) is 0 Å². The van der Waals surface area contributed by atoms with Crippen LogP contribution in [0.4, 0.5) is 13.2 Å². The van der Waals surface area contributed by atoms with Crippen molar-refractivity contribution in [2.24, 2.45) is 0 Å². The van der Waals surface area contributed by atoms with Crippen molar-refractivity contribution in [2.75, 3.05) is 13.2 Å². The summed E-state index contributed by atoms with van der Waals surface area (Å²) in [4.78, 5) is 15.5. The van der Waals surface area contributed by atoms with E-state index in [1.807, 2.05) is 36.4 Å². The van der Waals surface area contributed by atoms with Crippen LogP contribution in [0.1, 0.15) is 22.7 Å². The van der Waals surface area contributed by atoms with Gasteiger partial charge in [0.15, 0.2) is 0 Å². The lowest BCUT2D eigenvalue weighted by atomic mass is 10.1. The molecule has 4 aromatic rings. The van der Waals surface area contributed by atoms with Crippen LogP contribution in [0.15, 0.2) is 57.6 Å². The fourth-order valence-corrected chi connectivity index (χ4v) is 2.75. The van der Waals surface area contributed by atoms with Crippen LogP contribution in [0.3, 0.4) is 0 Å². The largest absolute Gasteiger partial charge is 0.475 e. The number of nitrogens with zero attached hydrogens (tertiary/aromatic N) is 3. The van der Waals surface area contributed by atoms with Crippen LogP contribution >= 0.6 is 0 Å². The van der Waals surface area contributed by atoms with Gasteiger partial charge >= 0.3 is 12.1 Å². The molecule has 0 bridgehead atoms. The summed E-state index contributed by atoms with van der Waals surface area (Å²) in [7, 11) is 0. The van der Waals surface area contributed by atoms with E-state index in [0.717, 1.165) is 10.8 Å². The molecule has 0 aliphatic rings. The number of alkyl halides is 3. The number of carbonyl (C=O) groups is 1. The number of amides is 1. The third kappa shape index (κ3) is 4.82. The molecular weight excluding hydrogens is 417 g/mol. The topological polar surface area (TPSA) is 103 Å². The van der Waals surface area contributed by atoms with Crippen molar-refractivity contribution in [1.29, 1.82) is 0 Å². The average Bonchev–Trinajstić information content (AvgIpc) is 3.42. The summed E-state index contributed by atoms with van der Waals surface area (Å²) in [5, 5.41) is 11.6. The second-order valence-corrected chi connectivity index (χ2v) is 6.47. The number of aromatic nitrogens is 3. The second kappa shape index (κ2) is 8.46. The standard InChI is InChI=1S/C20H15F3N4O4/c21-20(22,23)19-25-17(27-31-19)15-11-16(26-30-15)29-9-3-8-24-18(28)14-7-6-12-4-1-2-5-13(12)10-14/h1-2,4-7,10-11H,3,8-9H2,(H,24,28). The van der Waals surface area contributed by atoms with Gasteiger partial charge in [-0.05, 0) is 34.5 Å². The lowest BCUT2D eigenvalue weighted by molar-refractivity contribution is -0.159. The number of fused-ring (bicyclic) bond motifs is 1. The molecule has 0 fully saturated rings. The van der Waals surface area contributed by atoms with Crippen molar-refractivity contribution in [1.82, 2.24) is 20.6 Å². The van der Waals surface area contributed by atoms with Crippen LogP contribution < -0.4 is 10.1 Å². The van der Waals surface area contributed by atoms with Crippen LogP contribution in [0.5, 0.6) is 5.88 Å². The molecule has 0 aliphatic heterocycles. The van der Waals surface area contributed by atoms with Crippen molar-refractivity contribution >= 4 is 16.7 Å². The Labute approximate surface area is 173 Å². The molecule has 0 saturated heterocycles. The Morgan fingerprint density at radius 1 is 1.03 bits per heavy atom. The minimum Gasteiger partial charge on any atom is -0.475 e. The monoisotopic (exact) mass is 432 g/mol. The van der Waals surface area contributed by atoms with Crippen LogP contribution in [0.25, 0.3) is 22.4 Å². The molecule has 2 aromatic carbocycles. The average molecular weight is 432 g/mol. The molecule has 31 heavy (non-hydrogen) atoms. The maximum Gasteiger partial charge on any atom is 0.471 e. The van der Waals surface area contributed by atoms with Crippen molar-refractivity contribution in [3.63, 3.8) is 0 Å². The van der Waals surface area contributed by atoms with E-state index in [-0.39, 0.29) is 24.2 Å². The van der Waals surface area contributed by atoms with Gasteiger partial charge in [-0.1, -0.05) is 35.5 Å². The van der Waals surface area contributed by atoms with Crippen LogP contribution in [-0.4, -0.2) is 34.4 Å². The van der Waals surface area contributed by atoms with Crippen LogP contribution in [-0.2, 0) is 6.18 Å². The first-order valence-electron chi connectivity index (χ1n) is 9.18. The molecule has 0 unspecified atom stereocenters. The molecule has 160 valence electrons. The maximum absolute atomic E-state index is 12.5. The zero-order valence-corrected chi connectivity index (χ0v) is 15.8. The first-order chi connectivity index (χ1) is 14.9. The van der Waals surface area contributed by atoms with Crippen molar-refractivity contribution in [3.05, 3.63) is 60.0 Å². The summed E-state index contributed by atoms with van der Waals surface area (Å²) >= 11 is 0. The molecule has 2 heterocycles. The number of halogens is 3. The Morgan fingerprint density at radius 3 is 2.61 bits per heavy atom. The number of ether oxygens (including phenoxy) is 1. The molecular formula is C20H15F3N4O4. The van der Waals surface area contributed by atoms with E-state index >= 15 is 0 Å². The normalized spacial score (nSPS) is 11.6. The van der Waals surface area contributed by atoms with E-state index < -0.39 is 17.9 Å². The van der Waals surface area contributed by atoms with E-state index in [1.165, 1.54) is 6.07 Å². The molecule has 1 amide bonds. The Hall–Kier alpha value is -3.89. The maximum atomic E-state index is 12.5. The summed E-state index contributed by atoms with van der Waals surface area (Å²) in [6, 6.07) is 14.5. The Kier molecular flexibility index (Phi) is 5.56. The lowest BCUT2D eigenvalue weighted by Crippen LogP contribution is -2.25. The zero-order valence-electron chi connectivity index (χ0n) is 15.8. The van der Waals surface area contributed by atoms with Gasteiger partial charge in [0.1, 0.15) is 0 Å². The van der Waals surface area contributed by atoms with Crippen molar-refractivity contribution in [3.8, 4) is 17.5 Å². The third-order valence-electron chi connectivity index (χ3n) is 4.25. The highest BCUT2D eigenvalue weighted by Gasteiger charge is 2.39. The van der Waals surface area contributed by atoms with Gasteiger partial charge < -0.3 is 19.1 Å². The number of nitrogens with one attached hydrogen (secondary N) is 1. The van der Waals surface area contributed by atoms with Gasteiger partial charge in [0.25, 0.3) is 11.8 Å². The zero-order chi connectivity index (χ0) is 21.8. The number of carbonyl (C=O) groups excluding carboxylic acids is 1. The van der Waals surface area contributed by atoms with Gasteiger partial charge in [-0.3, -0.25) is 4.79 Å². The highest BCUT2D eigenvalue weighted by atomic mass is 19.4. The molecule has 0 atom stereocenters. The minimum absolute atomic E-state index is 0.0502. The van der Waals surface area contributed by atoms with Crippen LogP contribution in [0.2, 0.25) is 0 Å². The first-order valence-corrected chi connectivity index (χ1v) is 9.18. The fraction of sp³-hybridized carbons (Fsp3) is 0.200. The number of hydrogen-bond donors (Lipinski definition) is 1. The molecule has 11 heteroatoms. The lowest BCUT2D eigenvalue weighted by Gasteiger charge is -2.06. The molecule has 0 saturated carbocycles. The predicted molar refractivity (Wildman–Crippen MR) is 101 cm³/mol. The Morgan fingerprint density at radius 2 is 1.84 bits per heavy atom. The molecule has 0 spiro atoms. The third-order valence-corrected chi connectivity index (χ3v) is 4.25. The second-order valence-electron chi connectivity index (χ2n) is 6.47. The quantitative estimate of drug-likeness (QED) is 0.439. The Bertz CT molecular complexity index is 1200. The summed E-state index contributed by atoms with van der Waals surface area (Å²) < 4.78 is 51.9. The van der Waals surface area contributed by atoms with E-state index in [9.17, 15) is 18.0 Å². The van der Waals surface area contributed by atoms with Gasteiger partial charge in [-0.15, -0.1) is 0 Å². The molecule has 0 radical (unpaired) electrons. The summed E-state index contributed by atoms with van der Waals surface area (Å²) in [6.45, 7) is 0.556. The van der Waals surface area contributed by atoms with E-state index in [2.05, 4.69) is 25.1 Å². The highest BCUT2D eigenvalue weighted by Crippen LogP contribution is 2.30. The number of benzene rings is 2.